The predicted molar refractivity (Wildman–Crippen MR) is 93.9 cm³/mol. The highest BCUT2D eigenvalue weighted by Gasteiger charge is 2.32. The molecule has 0 bridgehead atoms. The van der Waals surface area contributed by atoms with Gasteiger partial charge in [-0.1, -0.05) is 30.3 Å². The molecule has 0 unspecified atom stereocenters. The molecule has 0 N–H and O–H groups in total. The van der Waals surface area contributed by atoms with E-state index in [-0.39, 0.29) is 12.0 Å². The Kier molecular flexibility index (Phi) is 5.26. The van der Waals surface area contributed by atoms with Crippen LogP contribution in [0.25, 0.3) is 0 Å². The third kappa shape index (κ3) is 3.82. The van der Waals surface area contributed by atoms with E-state index in [0.717, 1.165) is 24.9 Å². The number of methoxy groups -OCH3 is 1. The summed E-state index contributed by atoms with van der Waals surface area (Å²) in [5.41, 5.74) is 2.87. The van der Waals surface area contributed by atoms with Gasteiger partial charge >= 0.3 is 0 Å². The Labute approximate surface area is 143 Å². The summed E-state index contributed by atoms with van der Waals surface area (Å²) in [6, 6.07) is 14.2. The number of carbonyl (C=O) groups is 1. The Balaban J connectivity index is 1.73. The number of piperidine rings is 1. The van der Waals surface area contributed by atoms with Crippen LogP contribution in [-0.4, -0.2) is 42.1 Å². The number of benzene rings is 1. The fourth-order valence-electron chi connectivity index (χ4n) is 3.43. The summed E-state index contributed by atoms with van der Waals surface area (Å²) in [6.07, 6.45) is 3.68. The molecular formula is C20H24N2O2. The topological polar surface area (TPSA) is 42.4 Å². The lowest BCUT2D eigenvalue weighted by atomic mass is 9.88. The van der Waals surface area contributed by atoms with E-state index in [2.05, 4.69) is 29.2 Å². The molecule has 2 heterocycles. The molecule has 3 rings (SSSR count). The lowest BCUT2D eigenvalue weighted by molar-refractivity contribution is -0.00317. The van der Waals surface area contributed by atoms with Gasteiger partial charge in [-0.05, 0) is 43.0 Å². The van der Waals surface area contributed by atoms with E-state index in [1.807, 2.05) is 30.0 Å². The van der Waals surface area contributed by atoms with Crippen LogP contribution < -0.4 is 0 Å². The first kappa shape index (κ1) is 16.7. The van der Waals surface area contributed by atoms with Gasteiger partial charge in [0.25, 0.3) is 5.91 Å². The highest BCUT2D eigenvalue weighted by molar-refractivity contribution is 5.92. The van der Waals surface area contributed by atoms with Gasteiger partial charge in [0.1, 0.15) is 5.69 Å². The van der Waals surface area contributed by atoms with Crippen molar-refractivity contribution in [2.24, 2.45) is 5.92 Å². The van der Waals surface area contributed by atoms with Gasteiger partial charge in [-0.15, -0.1) is 0 Å². The smallest absolute Gasteiger partial charge is 0.272 e. The second-order valence-electron chi connectivity index (χ2n) is 6.48. The summed E-state index contributed by atoms with van der Waals surface area (Å²) in [5.74, 6) is 0.325. The van der Waals surface area contributed by atoms with Gasteiger partial charge in [0.15, 0.2) is 0 Å². The normalized spacial score (nSPS) is 20.8. The van der Waals surface area contributed by atoms with Crippen LogP contribution in [0.2, 0.25) is 0 Å². The number of rotatable bonds is 4. The number of ether oxygens (including phenoxy) is 1. The van der Waals surface area contributed by atoms with E-state index in [1.165, 1.54) is 5.56 Å². The lowest BCUT2D eigenvalue weighted by Crippen LogP contribution is -2.47. The minimum atomic E-state index is 0.0197. The monoisotopic (exact) mass is 324 g/mol. The van der Waals surface area contributed by atoms with Crippen LogP contribution in [0.5, 0.6) is 0 Å². The minimum Gasteiger partial charge on any atom is -0.381 e. The van der Waals surface area contributed by atoms with Crippen molar-refractivity contribution in [2.45, 2.75) is 25.9 Å². The van der Waals surface area contributed by atoms with E-state index in [1.54, 1.807) is 13.3 Å². The fourth-order valence-corrected chi connectivity index (χ4v) is 3.43. The third-order valence-corrected chi connectivity index (χ3v) is 4.73. The number of nitrogens with zero attached hydrogens (tertiary/aromatic N) is 2. The highest BCUT2D eigenvalue weighted by atomic mass is 16.5. The molecule has 2 aromatic rings. The number of hydrogen-bond donors (Lipinski definition) is 0. The number of hydrogen-bond acceptors (Lipinski definition) is 3. The molecule has 1 aromatic heterocycles. The zero-order valence-corrected chi connectivity index (χ0v) is 14.3. The summed E-state index contributed by atoms with van der Waals surface area (Å²) in [6.45, 7) is 3.41. The first-order chi connectivity index (χ1) is 11.7. The number of amides is 1. The Morgan fingerprint density at radius 2 is 2.08 bits per heavy atom. The molecule has 2 atom stereocenters. The zero-order valence-electron chi connectivity index (χ0n) is 14.3. The predicted octanol–water partition coefficient (Wildman–Crippen LogP) is 3.11. The highest BCUT2D eigenvalue weighted by Crippen LogP contribution is 2.24. The molecule has 24 heavy (non-hydrogen) atoms. The van der Waals surface area contributed by atoms with E-state index in [0.29, 0.717) is 18.2 Å². The largest absolute Gasteiger partial charge is 0.381 e. The van der Waals surface area contributed by atoms with Gasteiger partial charge in [-0.2, -0.15) is 0 Å². The molecule has 126 valence electrons. The molecule has 4 heteroatoms. The standard InChI is InChI=1S/C20H24N2O2/c1-15-8-10-21-18(12-15)20(23)22-11-9-19(24-2)17(14-22)13-16-6-4-3-5-7-16/h3-8,10,12,17,19H,9,11,13-14H2,1-2H3/t17-,19+/m0/s1. The second kappa shape index (κ2) is 7.58. The van der Waals surface area contributed by atoms with Crippen LogP contribution in [0.3, 0.4) is 0 Å². The van der Waals surface area contributed by atoms with Crippen LogP contribution in [0.1, 0.15) is 28.0 Å². The van der Waals surface area contributed by atoms with Gasteiger partial charge in [-0.25, -0.2) is 0 Å². The van der Waals surface area contributed by atoms with Gasteiger partial charge in [0.05, 0.1) is 6.10 Å². The Hall–Kier alpha value is -2.20. The van der Waals surface area contributed by atoms with Crippen LogP contribution in [0.15, 0.2) is 48.7 Å². The number of likely N-dealkylation sites (tertiary alicyclic amines) is 1. The SMILES string of the molecule is CO[C@@H]1CCN(C(=O)c2cc(C)ccn2)C[C@@H]1Cc1ccccc1. The van der Waals surface area contributed by atoms with Crippen molar-refractivity contribution >= 4 is 5.91 Å². The van der Waals surface area contributed by atoms with Crippen molar-refractivity contribution in [3.63, 3.8) is 0 Å². The van der Waals surface area contributed by atoms with E-state index in [9.17, 15) is 4.79 Å². The molecule has 1 aliphatic rings. The molecule has 1 amide bonds. The molecule has 1 aromatic carbocycles. The molecule has 1 fully saturated rings. The molecule has 0 radical (unpaired) electrons. The lowest BCUT2D eigenvalue weighted by Gasteiger charge is -2.38. The van der Waals surface area contributed by atoms with E-state index in [4.69, 9.17) is 4.74 Å². The summed E-state index contributed by atoms with van der Waals surface area (Å²) in [7, 11) is 1.77. The molecule has 4 nitrogen and oxygen atoms in total. The molecule has 0 saturated carbocycles. The number of aromatic nitrogens is 1. The van der Waals surface area contributed by atoms with E-state index < -0.39 is 0 Å². The number of carbonyl (C=O) groups excluding carboxylic acids is 1. The van der Waals surface area contributed by atoms with Gasteiger partial charge in [0.2, 0.25) is 0 Å². The molecule has 1 saturated heterocycles. The third-order valence-electron chi connectivity index (χ3n) is 4.73. The van der Waals surface area contributed by atoms with Gasteiger partial charge in [-0.3, -0.25) is 9.78 Å². The average Bonchev–Trinajstić information content (AvgIpc) is 2.62. The molecule has 0 spiro atoms. The molecule has 1 aliphatic heterocycles. The Morgan fingerprint density at radius 3 is 2.79 bits per heavy atom. The van der Waals surface area contributed by atoms with Crippen molar-refractivity contribution in [1.29, 1.82) is 0 Å². The van der Waals surface area contributed by atoms with Crippen molar-refractivity contribution < 1.29 is 9.53 Å². The second-order valence-corrected chi connectivity index (χ2v) is 6.48. The maximum absolute atomic E-state index is 12.8. The first-order valence-corrected chi connectivity index (χ1v) is 8.46. The average molecular weight is 324 g/mol. The van der Waals surface area contributed by atoms with Crippen molar-refractivity contribution in [3.05, 3.63) is 65.5 Å². The number of aryl methyl sites for hydroxylation is 1. The maximum Gasteiger partial charge on any atom is 0.272 e. The maximum atomic E-state index is 12.8. The van der Waals surface area contributed by atoms with Crippen LogP contribution in [-0.2, 0) is 11.2 Å². The Morgan fingerprint density at radius 1 is 1.29 bits per heavy atom. The summed E-state index contributed by atoms with van der Waals surface area (Å²) >= 11 is 0. The van der Waals surface area contributed by atoms with Gasteiger partial charge < -0.3 is 9.64 Å². The minimum absolute atomic E-state index is 0.0197. The van der Waals surface area contributed by atoms with E-state index >= 15 is 0 Å². The summed E-state index contributed by atoms with van der Waals surface area (Å²) in [5, 5.41) is 0. The van der Waals surface area contributed by atoms with Crippen LogP contribution >= 0.6 is 0 Å². The van der Waals surface area contributed by atoms with Crippen molar-refractivity contribution in [2.75, 3.05) is 20.2 Å². The fraction of sp³-hybridized carbons (Fsp3) is 0.400. The summed E-state index contributed by atoms with van der Waals surface area (Å²) < 4.78 is 5.68. The van der Waals surface area contributed by atoms with Crippen LogP contribution in [0, 0.1) is 12.8 Å². The zero-order chi connectivity index (χ0) is 16.9. The molecule has 0 aliphatic carbocycles. The molecular weight excluding hydrogens is 300 g/mol. The van der Waals surface area contributed by atoms with Gasteiger partial charge in [0, 0.05) is 32.3 Å². The number of pyridine rings is 1. The van der Waals surface area contributed by atoms with Crippen molar-refractivity contribution in [3.8, 4) is 0 Å². The van der Waals surface area contributed by atoms with Crippen molar-refractivity contribution in [1.82, 2.24) is 9.88 Å². The van der Waals surface area contributed by atoms with Crippen LogP contribution in [0.4, 0.5) is 0 Å². The first-order valence-electron chi connectivity index (χ1n) is 8.46. The quantitative estimate of drug-likeness (QED) is 0.868. The summed E-state index contributed by atoms with van der Waals surface area (Å²) in [4.78, 5) is 18.9. The Bertz CT molecular complexity index is 687.